The van der Waals surface area contributed by atoms with Crippen LogP contribution < -0.4 is 15.2 Å². The fourth-order valence-electron chi connectivity index (χ4n) is 1.49. The Morgan fingerprint density at radius 2 is 2.15 bits per heavy atom. The Hall–Kier alpha value is -2.28. The molecule has 0 bridgehead atoms. The second kappa shape index (κ2) is 5.79. The van der Waals surface area contributed by atoms with Gasteiger partial charge in [-0.05, 0) is 34.1 Å². The number of carboxylic acids is 1. The smallest absolute Gasteiger partial charge is 0.338 e. The van der Waals surface area contributed by atoms with Crippen molar-refractivity contribution < 1.29 is 19.4 Å². The van der Waals surface area contributed by atoms with Gasteiger partial charge in [-0.15, -0.1) is 0 Å². The fraction of sp³-hybridized carbons (Fsp3) is 0.0769. The Bertz CT molecular complexity index is 661. The summed E-state index contributed by atoms with van der Waals surface area (Å²) in [5.74, 6) is 0.158. The van der Waals surface area contributed by atoms with Crippen LogP contribution in [0.15, 0.2) is 34.9 Å². The molecule has 2 aromatic rings. The molecule has 0 aliphatic rings. The number of carbonyl (C=O) groups is 1. The van der Waals surface area contributed by atoms with Crippen molar-refractivity contribution in [3.63, 3.8) is 0 Å². The third-order valence-electron chi connectivity index (χ3n) is 2.49. The van der Waals surface area contributed by atoms with E-state index in [0.29, 0.717) is 16.0 Å². The summed E-state index contributed by atoms with van der Waals surface area (Å²) in [4.78, 5) is 14.9. The highest BCUT2D eigenvalue weighted by molar-refractivity contribution is 9.10. The van der Waals surface area contributed by atoms with Gasteiger partial charge in [-0.1, -0.05) is 0 Å². The van der Waals surface area contributed by atoms with Crippen molar-refractivity contribution in [3.05, 3.63) is 40.5 Å². The number of halogens is 1. The number of aromatic carboxylic acids is 1. The largest absolute Gasteiger partial charge is 0.497 e. The number of hydrogen-bond donors (Lipinski definition) is 2. The van der Waals surface area contributed by atoms with Crippen LogP contribution in [0.25, 0.3) is 0 Å². The number of anilines is 1. The standard InChI is InChI=1S/C13H11BrN2O4/c1-19-7-2-3-11(9(14)4-7)20-12-5-8(13(17)18)10(15)6-16-12/h2-6H,15H2,1H3,(H,17,18). The van der Waals surface area contributed by atoms with E-state index in [9.17, 15) is 4.79 Å². The first-order valence-electron chi connectivity index (χ1n) is 5.51. The molecule has 0 aliphatic heterocycles. The molecule has 0 fully saturated rings. The average Bonchev–Trinajstić information content (AvgIpc) is 2.42. The number of benzene rings is 1. The van der Waals surface area contributed by atoms with E-state index in [4.69, 9.17) is 20.3 Å². The summed E-state index contributed by atoms with van der Waals surface area (Å²) in [6, 6.07) is 6.40. The summed E-state index contributed by atoms with van der Waals surface area (Å²) >= 11 is 3.33. The van der Waals surface area contributed by atoms with Crippen LogP contribution >= 0.6 is 15.9 Å². The van der Waals surface area contributed by atoms with Gasteiger partial charge < -0.3 is 20.3 Å². The van der Waals surface area contributed by atoms with Gasteiger partial charge in [-0.25, -0.2) is 9.78 Å². The molecule has 1 heterocycles. The van der Waals surface area contributed by atoms with E-state index >= 15 is 0 Å². The molecule has 2 rings (SSSR count). The lowest BCUT2D eigenvalue weighted by atomic mass is 10.2. The second-order valence-electron chi connectivity index (χ2n) is 3.81. The van der Waals surface area contributed by atoms with Crippen LogP contribution in [0.5, 0.6) is 17.4 Å². The van der Waals surface area contributed by atoms with Crippen LogP contribution in [0.1, 0.15) is 10.4 Å². The van der Waals surface area contributed by atoms with Gasteiger partial charge in [0.1, 0.15) is 11.5 Å². The molecule has 6 nitrogen and oxygen atoms in total. The van der Waals surface area contributed by atoms with Gasteiger partial charge in [0, 0.05) is 6.07 Å². The van der Waals surface area contributed by atoms with Gasteiger partial charge in [-0.3, -0.25) is 0 Å². The first-order valence-corrected chi connectivity index (χ1v) is 6.30. The molecule has 20 heavy (non-hydrogen) atoms. The van der Waals surface area contributed by atoms with E-state index in [1.54, 1.807) is 25.3 Å². The molecule has 104 valence electrons. The predicted octanol–water partition coefficient (Wildman–Crippen LogP) is 2.93. The number of pyridine rings is 1. The molecule has 0 unspecified atom stereocenters. The van der Waals surface area contributed by atoms with Gasteiger partial charge in [0.05, 0.1) is 29.0 Å². The average molecular weight is 339 g/mol. The molecule has 1 aromatic carbocycles. The second-order valence-corrected chi connectivity index (χ2v) is 4.67. The molecular formula is C13H11BrN2O4. The Morgan fingerprint density at radius 1 is 1.40 bits per heavy atom. The zero-order valence-corrected chi connectivity index (χ0v) is 12.0. The number of nitrogen functional groups attached to an aromatic ring is 1. The SMILES string of the molecule is COc1ccc(Oc2cc(C(=O)O)c(N)cn2)c(Br)c1. The van der Waals surface area contributed by atoms with Gasteiger partial charge in [0.2, 0.25) is 5.88 Å². The van der Waals surface area contributed by atoms with Crippen LogP contribution in [0.2, 0.25) is 0 Å². The summed E-state index contributed by atoms with van der Waals surface area (Å²) in [5, 5.41) is 8.99. The number of ether oxygens (including phenoxy) is 2. The maximum atomic E-state index is 11.0. The number of aromatic nitrogens is 1. The van der Waals surface area contributed by atoms with E-state index in [1.165, 1.54) is 12.3 Å². The summed E-state index contributed by atoms with van der Waals surface area (Å²) < 4.78 is 11.3. The fourth-order valence-corrected chi connectivity index (χ4v) is 1.93. The van der Waals surface area contributed by atoms with Crippen LogP contribution in [0.4, 0.5) is 5.69 Å². The van der Waals surface area contributed by atoms with Crippen molar-refractivity contribution in [3.8, 4) is 17.4 Å². The highest BCUT2D eigenvalue weighted by Crippen LogP contribution is 2.32. The van der Waals surface area contributed by atoms with Crippen molar-refractivity contribution in [1.29, 1.82) is 0 Å². The summed E-state index contributed by atoms with van der Waals surface area (Å²) in [7, 11) is 1.56. The normalized spacial score (nSPS) is 10.1. The minimum atomic E-state index is -1.14. The van der Waals surface area contributed by atoms with E-state index in [-0.39, 0.29) is 17.1 Å². The molecule has 7 heteroatoms. The lowest BCUT2D eigenvalue weighted by molar-refractivity contribution is 0.0697. The van der Waals surface area contributed by atoms with Crippen LogP contribution in [0.3, 0.4) is 0 Å². The molecule has 3 N–H and O–H groups in total. The van der Waals surface area contributed by atoms with E-state index in [2.05, 4.69) is 20.9 Å². The van der Waals surface area contributed by atoms with Gasteiger partial charge in [-0.2, -0.15) is 0 Å². The highest BCUT2D eigenvalue weighted by atomic mass is 79.9. The van der Waals surface area contributed by atoms with Crippen molar-refractivity contribution in [2.24, 2.45) is 0 Å². The van der Waals surface area contributed by atoms with Crippen LogP contribution in [0, 0.1) is 0 Å². The number of nitrogens with two attached hydrogens (primary N) is 1. The first kappa shape index (κ1) is 14.1. The van der Waals surface area contributed by atoms with Gasteiger partial charge in [0.15, 0.2) is 0 Å². The Morgan fingerprint density at radius 3 is 2.75 bits per heavy atom. The number of hydrogen-bond acceptors (Lipinski definition) is 5. The van der Waals surface area contributed by atoms with Gasteiger partial charge in [0.25, 0.3) is 0 Å². The Kier molecular flexibility index (Phi) is 4.09. The topological polar surface area (TPSA) is 94.7 Å². The quantitative estimate of drug-likeness (QED) is 0.889. The van der Waals surface area contributed by atoms with E-state index in [1.807, 2.05) is 0 Å². The minimum absolute atomic E-state index is 0.0559. The molecular weight excluding hydrogens is 328 g/mol. The van der Waals surface area contributed by atoms with Crippen molar-refractivity contribution >= 4 is 27.6 Å². The minimum Gasteiger partial charge on any atom is -0.497 e. The molecule has 0 atom stereocenters. The molecule has 0 amide bonds. The summed E-state index contributed by atoms with van der Waals surface area (Å²) in [6.07, 6.45) is 1.25. The van der Waals surface area contributed by atoms with Crippen LogP contribution in [-0.4, -0.2) is 23.2 Å². The molecule has 0 saturated heterocycles. The van der Waals surface area contributed by atoms with Crippen molar-refractivity contribution in [2.75, 3.05) is 12.8 Å². The lowest BCUT2D eigenvalue weighted by Gasteiger charge is -2.09. The number of nitrogens with zero attached hydrogens (tertiary/aromatic N) is 1. The monoisotopic (exact) mass is 338 g/mol. The molecule has 1 aromatic heterocycles. The van der Waals surface area contributed by atoms with Gasteiger partial charge >= 0.3 is 5.97 Å². The Balaban J connectivity index is 2.30. The predicted molar refractivity (Wildman–Crippen MR) is 76.4 cm³/mol. The molecule has 0 aliphatic carbocycles. The van der Waals surface area contributed by atoms with E-state index in [0.717, 1.165) is 0 Å². The molecule has 0 saturated carbocycles. The maximum absolute atomic E-state index is 11.0. The summed E-state index contributed by atoms with van der Waals surface area (Å²) in [6.45, 7) is 0. The van der Waals surface area contributed by atoms with E-state index < -0.39 is 5.97 Å². The first-order chi connectivity index (χ1) is 9.51. The molecule has 0 radical (unpaired) electrons. The maximum Gasteiger partial charge on any atom is 0.338 e. The number of carboxylic acid groups (broad SMARTS) is 1. The van der Waals surface area contributed by atoms with Crippen molar-refractivity contribution in [2.45, 2.75) is 0 Å². The zero-order valence-electron chi connectivity index (χ0n) is 10.5. The lowest BCUT2D eigenvalue weighted by Crippen LogP contribution is -2.03. The zero-order chi connectivity index (χ0) is 14.7. The molecule has 0 spiro atoms. The number of methoxy groups -OCH3 is 1. The van der Waals surface area contributed by atoms with Crippen molar-refractivity contribution in [1.82, 2.24) is 4.98 Å². The third-order valence-corrected chi connectivity index (χ3v) is 3.11. The van der Waals surface area contributed by atoms with Crippen LogP contribution in [-0.2, 0) is 0 Å². The Labute approximate surface area is 123 Å². The third kappa shape index (κ3) is 3.00. The summed E-state index contributed by atoms with van der Waals surface area (Å²) in [5.41, 5.74) is 5.55. The highest BCUT2D eigenvalue weighted by Gasteiger charge is 2.12. The number of rotatable bonds is 4.